The van der Waals surface area contributed by atoms with Crippen LogP contribution in [0, 0.1) is 5.92 Å². The van der Waals surface area contributed by atoms with E-state index in [9.17, 15) is 4.79 Å². The van der Waals surface area contributed by atoms with Crippen LogP contribution in [0.5, 0.6) is 0 Å². The maximum absolute atomic E-state index is 11.9. The minimum absolute atomic E-state index is 0.0102. The van der Waals surface area contributed by atoms with Gasteiger partial charge in [0.25, 0.3) is 0 Å². The molecule has 0 bridgehead atoms. The summed E-state index contributed by atoms with van der Waals surface area (Å²) in [4.78, 5) is 21.3. The van der Waals surface area contributed by atoms with Crippen LogP contribution in [0.1, 0.15) is 57.7 Å². The number of hydrogen-bond acceptors (Lipinski definition) is 7. The van der Waals surface area contributed by atoms with Crippen LogP contribution in [-0.4, -0.2) is 64.7 Å². The predicted octanol–water partition coefficient (Wildman–Crippen LogP) is 2.26. The zero-order valence-electron chi connectivity index (χ0n) is 16.2. The fourth-order valence-electron chi connectivity index (χ4n) is 4.07. The molecular weight excluding hydrogens is 332 g/mol. The van der Waals surface area contributed by atoms with E-state index in [2.05, 4.69) is 26.9 Å². The molecule has 26 heavy (non-hydrogen) atoms. The Labute approximate surface area is 156 Å². The molecule has 0 aromatic carbocycles. The number of likely N-dealkylation sites (tertiary alicyclic amines) is 2. The molecule has 0 atom stereocenters. The van der Waals surface area contributed by atoms with Gasteiger partial charge in [0.05, 0.1) is 19.1 Å². The monoisotopic (exact) mass is 364 g/mol. The Morgan fingerprint density at radius 2 is 1.88 bits per heavy atom. The first-order chi connectivity index (χ1) is 12.7. The lowest BCUT2D eigenvalue weighted by Gasteiger charge is -2.41. The number of hydrogen-bond donors (Lipinski definition) is 0. The number of carbonyl (C=O) groups excluding carboxylic acids is 1. The molecule has 0 unspecified atom stereocenters. The van der Waals surface area contributed by atoms with Gasteiger partial charge < -0.3 is 14.2 Å². The summed E-state index contributed by atoms with van der Waals surface area (Å²) in [6.07, 6.45) is 6.12. The summed E-state index contributed by atoms with van der Waals surface area (Å²) in [6, 6.07) is 0.632. The summed E-state index contributed by atoms with van der Waals surface area (Å²) >= 11 is 0. The molecule has 2 aliphatic rings. The number of nitrogens with zero attached hydrogens (tertiary/aromatic N) is 4. The Hall–Kier alpha value is -1.47. The SMILES string of the molecule is CCCc1noc(CN2CCC(N3CCC(C(=O)OCC)CC3)CC2)n1. The third kappa shape index (κ3) is 5.04. The van der Waals surface area contributed by atoms with Crippen molar-refractivity contribution in [1.29, 1.82) is 0 Å². The molecule has 0 amide bonds. The Morgan fingerprint density at radius 3 is 2.54 bits per heavy atom. The van der Waals surface area contributed by atoms with Crippen LogP contribution in [0.3, 0.4) is 0 Å². The molecule has 146 valence electrons. The maximum Gasteiger partial charge on any atom is 0.309 e. The number of aryl methyl sites for hydroxylation is 1. The number of rotatable bonds is 7. The second kappa shape index (κ2) is 9.46. The van der Waals surface area contributed by atoms with Gasteiger partial charge in [-0.25, -0.2) is 0 Å². The molecule has 0 aliphatic carbocycles. The Morgan fingerprint density at radius 1 is 1.15 bits per heavy atom. The van der Waals surface area contributed by atoms with Crippen LogP contribution in [0.15, 0.2) is 4.52 Å². The quantitative estimate of drug-likeness (QED) is 0.687. The molecule has 0 spiro atoms. The van der Waals surface area contributed by atoms with E-state index in [-0.39, 0.29) is 11.9 Å². The number of piperidine rings is 2. The lowest BCUT2D eigenvalue weighted by Crippen LogP contribution is -2.48. The van der Waals surface area contributed by atoms with Crippen LogP contribution in [0.4, 0.5) is 0 Å². The van der Waals surface area contributed by atoms with E-state index in [0.29, 0.717) is 12.6 Å². The van der Waals surface area contributed by atoms with Gasteiger partial charge in [0.1, 0.15) is 0 Å². The topological polar surface area (TPSA) is 71.7 Å². The molecule has 1 aromatic rings. The van der Waals surface area contributed by atoms with Crippen molar-refractivity contribution in [1.82, 2.24) is 19.9 Å². The molecule has 2 aliphatic heterocycles. The standard InChI is InChI=1S/C19H32N4O3/c1-3-5-17-20-18(26-21-17)14-22-10-8-16(9-11-22)23-12-6-15(7-13-23)19(24)25-4-2/h15-16H,3-14H2,1-2H3. The lowest BCUT2D eigenvalue weighted by atomic mass is 9.93. The molecule has 3 heterocycles. The molecule has 0 saturated carbocycles. The van der Waals surface area contributed by atoms with Gasteiger partial charge in [-0.15, -0.1) is 0 Å². The highest BCUT2D eigenvalue weighted by Crippen LogP contribution is 2.25. The zero-order chi connectivity index (χ0) is 18.4. The van der Waals surface area contributed by atoms with Crippen molar-refractivity contribution in [3.05, 3.63) is 11.7 Å². The van der Waals surface area contributed by atoms with Crippen molar-refractivity contribution < 1.29 is 14.1 Å². The zero-order valence-corrected chi connectivity index (χ0v) is 16.2. The fraction of sp³-hybridized carbons (Fsp3) is 0.842. The van der Waals surface area contributed by atoms with Crippen molar-refractivity contribution >= 4 is 5.97 Å². The predicted molar refractivity (Wildman–Crippen MR) is 97.5 cm³/mol. The van der Waals surface area contributed by atoms with Crippen molar-refractivity contribution in [3.8, 4) is 0 Å². The first kappa shape index (κ1) is 19.3. The van der Waals surface area contributed by atoms with Crippen LogP contribution in [0.25, 0.3) is 0 Å². The number of aromatic nitrogens is 2. The smallest absolute Gasteiger partial charge is 0.309 e. The van der Waals surface area contributed by atoms with Gasteiger partial charge in [0.15, 0.2) is 5.82 Å². The summed E-state index contributed by atoms with van der Waals surface area (Å²) < 4.78 is 10.5. The van der Waals surface area contributed by atoms with Crippen LogP contribution in [0.2, 0.25) is 0 Å². The van der Waals surface area contributed by atoms with E-state index in [1.165, 1.54) is 12.8 Å². The Kier molecular flexibility index (Phi) is 7.02. The number of carbonyl (C=O) groups is 1. The molecule has 1 aromatic heterocycles. The molecule has 3 rings (SSSR count). The normalized spacial score (nSPS) is 21.2. The molecule has 2 saturated heterocycles. The molecule has 2 fully saturated rings. The van der Waals surface area contributed by atoms with E-state index < -0.39 is 0 Å². The van der Waals surface area contributed by atoms with Gasteiger partial charge in [0, 0.05) is 25.6 Å². The Balaban J connectivity index is 1.39. The summed E-state index contributed by atoms with van der Waals surface area (Å²) in [6.45, 7) is 9.39. The van der Waals surface area contributed by atoms with E-state index >= 15 is 0 Å². The highest BCUT2D eigenvalue weighted by molar-refractivity contribution is 5.72. The van der Waals surface area contributed by atoms with Crippen molar-refractivity contribution in [2.24, 2.45) is 5.92 Å². The van der Waals surface area contributed by atoms with Gasteiger partial charge in [-0.05, 0) is 52.1 Å². The molecule has 0 N–H and O–H groups in total. The van der Waals surface area contributed by atoms with Crippen molar-refractivity contribution in [3.63, 3.8) is 0 Å². The van der Waals surface area contributed by atoms with Gasteiger partial charge in [-0.1, -0.05) is 12.1 Å². The summed E-state index contributed by atoms with van der Waals surface area (Å²) in [7, 11) is 0. The molecule has 7 heteroatoms. The highest BCUT2D eigenvalue weighted by Gasteiger charge is 2.31. The minimum Gasteiger partial charge on any atom is -0.466 e. The van der Waals surface area contributed by atoms with E-state index in [0.717, 1.165) is 70.1 Å². The van der Waals surface area contributed by atoms with E-state index in [4.69, 9.17) is 9.26 Å². The third-order valence-electron chi connectivity index (χ3n) is 5.57. The van der Waals surface area contributed by atoms with Gasteiger partial charge >= 0.3 is 5.97 Å². The number of esters is 1. The Bertz CT molecular complexity index is 561. The average molecular weight is 364 g/mol. The van der Waals surface area contributed by atoms with Gasteiger partial charge in [-0.3, -0.25) is 9.69 Å². The van der Waals surface area contributed by atoms with Crippen LogP contribution < -0.4 is 0 Å². The number of ether oxygens (including phenoxy) is 1. The largest absolute Gasteiger partial charge is 0.466 e. The van der Waals surface area contributed by atoms with Crippen molar-refractivity contribution in [2.75, 3.05) is 32.8 Å². The first-order valence-electron chi connectivity index (χ1n) is 10.1. The maximum atomic E-state index is 11.9. The second-order valence-electron chi connectivity index (χ2n) is 7.42. The van der Waals surface area contributed by atoms with Gasteiger partial charge in [-0.2, -0.15) is 4.98 Å². The van der Waals surface area contributed by atoms with Crippen LogP contribution in [-0.2, 0) is 22.5 Å². The van der Waals surface area contributed by atoms with E-state index in [1.54, 1.807) is 0 Å². The average Bonchev–Trinajstić information content (AvgIpc) is 3.10. The molecule has 7 nitrogen and oxygen atoms in total. The lowest BCUT2D eigenvalue weighted by molar-refractivity contribution is -0.149. The fourth-order valence-corrected chi connectivity index (χ4v) is 4.07. The first-order valence-corrected chi connectivity index (χ1v) is 10.1. The van der Waals surface area contributed by atoms with Crippen molar-refractivity contribution in [2.45, 2.75) is 65.0 Å². The van der Waals surface area contributed by atoms with Crippen LogP contribution >= 0.6 is 0 Å². The summed E-state index contributed by atoms with van der Waals surface area (Å²) in [5.41, 5.74) is 0. The second-order valence-corrected chi connectivity index (χ2v) is 7.42. The molecule has 0 radical (unpaired) electrons. The highest BCUT2D eigenvalue weighted by atomic mass is 16.5. The summed E-state index contributed by atoms with van der Waals surface area (Å²) in [5, 5.41) is 4.04. The van der Waals surface area contributed by atoms with Gasteiger partial charge in [0.2, 0.25) is 5.89 Å². The minimum atomic E-state index is -0.0102. The molecular formula is C19H32N4O3. The third-order valence-corrected chi connectivity index (χ3v) is 5.57. The summed E-state index contributed by atoms with van der Waals surface area (Å²) in [5.74, 6) is 1.65. The van der Waals surface area contributed by atoms with E-state index in [1.807, 2.05) is 6.92 Å².